The maximum absolute atomic E-state index is 6.02. The largest absolute Gasteiger partial charge is 0.352 e. The highest BCUT2D eigenvalue weighted by atomic mass is 15.3. The second-order valence-electron chi connectivity index (χ2n) is 6.27. The minimum Gasteiger partial charge on any atom is -0.352 e. The maximum atomic E-state index is 6.02. The Morgan fingerprint density at radius 3 is 2.76 bits per heavy atom. The monoisotopic (exact) mass is 290 g/mol. The molecule has 1 aliphatic rings. The van der Waals surface area contributed by atoms with Crippen LogP contribution >= 0.6 is 0 Å². The average Bonchev–Trinajstić information content (AvgIpc) is 2.69. The number of nitrogens with zero attached hydrogens (tertiary/aromatic N) is 3. The van der Waals surface area contributed by atoms with Gasteiger partial charge in [0.05, 0.1) is 0 Å². The fourth-order valence-electron chi connectivity index (χ4n) is 3.05. The third-order valence-electron chi connectivity index (χ3n) is 4.50. The van der Waals surface area contributed by atoms with E-state index < -0.39 is 0 Å². The SMILES string of the molecule is CCC(N)Cc1ccc(N2CCCN(C)CC2CC)nc1. The van der Waals surface area contributed by atoms with E-state index in [2.05, 4.69) is 42.8 Å². The van der Waals surface area contributed by atoms with Crippen LogP contribution in [0.1, 0.15) is 38.7 Å². The van der Waals surface area contributed by atoms with Crippen LogP contribution in [0, 0.1) is 0 Å². The molecule has 0 aliphatic carbocycles. The number of pyridine rings is 1. The molecule has 21 heavy (non-hydrogen) atoms. The molecule has 0 radical (unpaired) electrons. The Balaban J connectivity index is 2.08. The van der Waals surface area contributed by atoms with E-state index in [0.717, 1.165) is 38.2 Å². The van der Waals surface area contributed by atoms with Crippen molar-refractivity contribution in [1.82, 2.24) is 9.88 Å². The van der Waals surface area contributed by atoms with Crippen LogP contribution in [-0.2, 0) is 6.42 Å². The van der Waals surface area contributed by atoms with Crippen molar-refractivity contribution in [2.75, 3.05) is 31.6 Å². The molecule has 2 heterocycles. The molecular weight excluding hydrogens is 260 g/mol. The first kappa shape index (κ1) is 16.2. The molecule has 2 N–H and O–H groups in total. The molecule has 1 aliphatic heterocycles. The van der Waals surface area contributed by atoms with E-state index in [1.165, 1.54) is 18.5 Å². The first-order valence-electron chi connectivity index (χ1n) is 8.29. The minimum atomic E-state index is 0.243. The highest BCUT2D eigenvalue weighted by Gasteiger charge is 2.22. The Labute approximate surface area is 129 Å². The third-order valence-corrected chi connectivity index (χ3v) is 4.50. The molecule has 2 rings (SSSR count). The van der Waals surface area contributed by atoms with Gasteiger partial charge in [-0.25, -0.2) is 4.98 Å². The summed E-state index contributed by atoms with van der Waals surface area (Å²) in [5.74, 6) is 1.12. The summed E-state index contributed by atoms with van der Waals surface area (Å²) >= 11 is 0. The highest BCUT2D eigenvalue weighted by molar-refractivity contribution is 5.41. The lowest BCUT2D eigenvalue weighted by Crippen LogP contribution is -2.40. The van der Waals surface area contributed by atoms with E-state index in [0.29, 0.717) is 6.04 Å². The molecule has 0 bridgehead atoms. The number of hydrogen-bond donors (Lipinski definition) is 1. The molecule has 2 atom stereocenters. The van der Waals surface area contributed by atoms with Gasteiger partial charge in [-0.3, -0.25) is 0 Å². The Bertz CT molecular complexity index is 417. The number of likely N-dealkylation sites (N-methyl/N-ethyl adjacent to an activating group) is 1. The molecule has 0 amide bonds. The van der Waals surface area contributed by atoms with Crippen LogP contribution in [0.2, 0.25) is 0 Å². The van der Waals surface area contributed by atoms with Gasteiger partial charge in [0.25, 0.3) is 0 Å². The van der Waals surface area contributed by atoms with E-state index >= 15 is 0 Å². The smallest absolute Gasteiger partial charge is 0.128 e. The van der Waals surface area contributed by atoms with Crippen LogP contribution in [-0.4, -0.2) is 48.6 Å². The summed E-state index contributed by atoms with van der Waals surface area (Å²) in [6.07, 6.45) is 6.31. The highest BCUT2D eigenvalue weighted by Crippen LogP contribution is 2.20. The fraction of sp³-hybridized carbons (Fsp3) is 0.706. The number of rotatable bonds is 5. The van der Waals surface area contributed by atoms with Gasteiger partial charge < -0.3 is 15.5 Å². The van der Waals surface area contributed by atoms with Gasteiger partial charge in [-0.15, -0.1) is 0 Å². The van der Waals surface area contributed by atoms with Crippen molar-refractivity contribution in [3.63, 3.8) is 0 Å². The van der Waals surface area contributed by atoms with E-state index in [9.17, 15) is 0 Å². The number of aromatic nitrogens is 1. The lowest BCUT2D eigenvalue weighted by Gasteiger charge is -2.31. The van der Waals surface area contributed by atoms with Gasteiger partial charge in [-0.2, -0.15) is 0 Å². The van der Waals surface area contributed by atoms with Gasteiger partial charge >= 0.3 is 0 Å². The Kier molecular flexibility index (Phi) is 6.00. The quantitative estimate of drug-likeness (QED) is 0.903. The molecular formula is C17H30N4. The molecule has 4 heteroatoms. The van der Waals surface area contributed by atoms with E-state index in [1.54, 1.807) is 0 Å². The van der Waals surface area contributed by atoms with Gasteiger partial charge in [0, 0.05) is 31.4 Å². The minimum absolute atomic E-state index is 0.243. The summed E-state index contributed by atoms with van der Waals surface area (Å²) in [4.78, 5) is 9.62. The molecule has 0 spiro atoms. The summed E-state index contributed by atoms with van der Waals surface area (Å²) in [7, 11) is 2.22. The molecule has 1 aromatic heterocycles. The number of anilines is 1. The average molecular weight is 290 g/mol. The normalized spacial score (nSPS) is 22.1. The van der Waals surface area contributed by atoms with Crippen molar-refractivity contribution in [2.45, 2.75) is 51.6 Å². The zero-order valence-corrected chi connectivity index (χ0v) is 13.8. The van der Waals surface area contributed by atoms with Crippen molar-refractivity contribution < 1.29 is 0 Å². The van der Waals surface area contributed by atoms with Crippen LogP contribution in [0.15, 0.2) is 18.3 Å². The summed E-state index contributed by atoms with van der Waals surface area (Å²) in [5.41, 5.74) is 7.27. The first-order valence-corrected chi connectivity index (χ1v) is 8.29. The maximum Gasteiger partial charge on any atom is 0.128 e. The zero-order chi connectivity index (χ0) is 15.2. The van der Waals surface area contributed by atoms with Crippen LogP contribution in [0.4, 0.5) is 5.82 Å². The summed E-state index contributed by atoms with van der Waals surface area (Å²) < 4.78 is 0. The van der Waals surface area contributed by atoms with E-state index in [-0.39, 0.29) is 6.04 Å². The molecule has 1 fully saturated rings. The molecule has 0 aromatic carbocycles. The van der Waals surface area contributed by atoms with E-state index in [4.69, 9.17) is 10.7 Å². The topological polar surface area (TPSA) is 45.4 Å². The summed E-state index contributed by atoms with van der Waals surface area (Å²) in [6, 6.07) is 5.17. The van der Waals surface area contributed by atoms with Crippen molar-refractivity contribution >= 4 is 5.82 Å². The van der Waals surface area contributed by atoms with Gasteiger partial charge in [0.1, 0.15) is 5.82 Å². The third kappa shape index (κ3) is 4.42. The summed E-state index contributed by atoms with van der Waals surface area (Å²) in [6.45, 7) is 7.80. The lowest BCUT2D eigenvalue weighted by atomic mass is 10.1. The van der Waals surface area contributed by atoms with Gasteiger partial charge in [0.15, 0.2) is 0 Å². The van der Waals surface area contributed by atoms with E-state index in [1.807, 2.05) is 6.20 Å². The number of hydrogen-bond acceptors (Lipinski definition) is 4. The van der Waals surface area contributed by atoms with Gasteiger partial charge in [0.2, 0.25) is 0 Å². The molecule has 4 nitrogen and oxygen atoms in total. The Morgan fingerprint density at radius 1 is 1.33 bits per heavy atom. The Hall–Kier alpha value is -1.13. The predicted octanol–water partition coefficient (Wildman–Crippen LogP) is 2.28. The van der Waals surface area contributed by atoms with Crippen LogP contribution in [0.5, 0.6) is 0 Å². The van der Waals surface area contributed by atoms with Crippen molar-refractivity contribution in [1.29, 1.82) is 0 Å². The summed E-state index contributed by atoms with van der Waals surface area (Å²) in [5, 5.41) is 0. The lowest BCUT2D eigenvalue weighted by molar-refractivity contribution is 0.327. The van der Waals surface area contributed by atoms with Gasteiger partial charge in [-0.05, 0) is 50.9 Å². The first-order chi connectivity index (χ1) is 10.1. The van der Waals surface area contributed by atoms with Crippen LogP contribution < -0.4 is 10.6 Å². The number of nitrogens with two attached hydrogens (primary N) is 1. The van der Waals surface area contributed by atoms with Crippen molar-refractivity contribution in [3.8, 4) is 0 Å². The standard InChI is InChI=1S/C17H30N4/c1-4-15(18)11-14-7-8-17(19-12-14)21-10-6-9-20(3)13-16(21)5-2/h7-8,12,15-16H,4-6,9-11,13,18H2,1-3H3. The molecule has 118 valence electrons. The van der Waals surface area contributed by atoms with Gasteiger partial charge in [-0.1, -0.05) is 19.9 Å². The fourth-order valence-corrected chi connectivity index (χ4v) is 3.05. The van der Waals surface area contributed by atoms with Crippen molar-refractivity contribution in [3.05, 3.63) is 23.9 Å². The van der Waals surface area contributed by atoms with Crippen LogP contribution in [0.3, 0.4) is 0 Å². The predicted molar refractivity (Wildman–Crippen MR) is 89.7 cm³/mol. The van der Waals surface area contributed by atoms with Crippen molar-refractivity contribution in [2.24, 2.45) is 5.73 Å². The molecule has 0 saturated carbocycles. The van der Waals surface area contributed by atoms with Crippen LogP contribution in [0.25, 0.3) is 0 Å². The second kappa shape index (κ2) is 7.76. The Morgan fingerprint density at radius 2 is 2.14 bits per heavy atom. The molecule has 2 unspecified atom stereocenters. The molecule has 1 saturated heterocycles. The molecule has 1 aromatic rings. The second-order valence-corrected chi connectivity index (χ2v) is 6.27. The zero-order valence-electron chi connectivity index (χ0n) is 13.8.